The van der Waals surface area contributed by atoms with Gasteiger partial charge in [-0.05, 0) is 0 Å². The summed E-state index contributed by atoms with van der Waals surface area (Å²) in [7, 11) is 0. The molecule has 0 radical (unpaired) electrons. The molecule has 0 amide bonds. The summed E-state index contributed by atoms with van der Waals surface area (Å²) in [6, 6.07) is 4.67. The third-order valence-corrected chi connectivity index (χ3v) is 4.25. The van der Waals surface area contributed by atoms with Crippen LogP contribution >= 0.6 is 0 Å². The van der Waals surface area contributed by atoms with E-state index in [-0.39, 0.29) is 37.2 Å². The van der Waals surface area contributed by atoms with Gasteiger partial charge in [-0.1, -0.05) is 0 Å². The van der Waals surface area contributed by atoms with E-state index in [9.17, 15) is 0 Å². The van der Waals surface area contributed by atoms with Gasteiger partial charge in [0.15, 0.2) is 0 Å². The second-order valence-corrected chi connectivity index (χ2v) is 5.50. The van der Waals surface area contributed by atoms with E-state index in [2.05, 4.69) is 65.5 Å². The van der Waals surface area contributed by atoms with Crippen molar-refractivity contribution in [3.05, 3.63) is 56.0 Å². The molecule has 2 rings (SSSR count). The van der Waals surface area contributed by atoms with Crippen molar-refractivity contribution in [1.29, 1.82) is 0 Å². The molecule has 19 heavy (non-hydrogen) atoms. The molecule has 0 unspecified atom stereocenters. The predicted octanol–water partition coefficient (Wildman–Crippen LogP) is -5.07. The number of allylic oxidation sites excluding steroid dienone is 4. The van der Waals surface area contributed by atoms with Crippen LogP contribution in [0.25, 0.3) is 0 Å². The van der Waals surface area contributed by atoms with Crippen LogP contribution in [0.15, 0.2) is 33.7 Å². The minimum absolute atomic E-state index is 0. The Labute approximate surface area is 146 Å². The van der Waals surface area contributed by atoms with Gasteiger partial charge in [0.1, 0.15) is 0 Å². The molecule has 0 bridgehead atoms. The summed E-state index contributed by atoms with van der Waals surface area (Å²) in [5.41, 5.74) is 7.29. The van der Waals surface area contributed by atoms with Gasteiger partial charge in [-0.2, -0.15) is 0 Å². The van der Waals surface area contributed by atoms with Gasteiger partial charge in [0.05, 0.1) is 0 Å². The topological polar surface area (TPSA) is 0 Å². The zero-order valence-electron chi connectivity index (χ0n) is 11.4. The Bertz CT molecular complexity index is 467. The average molecular weight is 352 g/mol. The summed E-state index contributed by atoms with van der Waals surface area (Å²) in [6.45, 7) is 6.62. The van der Waals surface area contributed by atoms with Crippen LogP contribution in [-0.4, -0.2) is 0 Å². The van der Waals surface area contributed by atoms with Gasteiger partial charge in [0, 0.05) is 0 Å². The molecule has 102 valence electrons. The number of aryl methyl sites for hydroxylation is 2. The molecule has 0 aromatic heterocycles. The van der Waals surface area contributed by atoms with Gasteiger partial charge >= 0.3 is 110 Å². The maximum absolute atomic E-state index is 2.33. The molecule has 0 spiro atoms. The normalized spacial score (nSPS) is 12.7. The third kappa shape index (κ3) is 5.29. The van der Waals surface area contributed by atoms with Crippen molar-refractivity contribution in [1.82, 2.24) is 0 Å². The Balaban J connectivity index is 0. The summed E-state index contributed by atoms with van der Waals surface area (Å²) < 4.78 is 1.45. The maximum atomic E-state index is 2.33. The van der Waals surface area contributed by atoms with E-state index in [1.165, 1.54) is 26.1 Å². The predicted molar refractivity (Wildman–Crippen MR) is 65.1 cm³/mol. The van der Waals surface area contributed by atoms with Gasteiger partial charge in [-0.15, -0.1) is 0 Å². The van der Waals surface area contributed by atoms with Gasteiger partial charge in [-0.25, -0.2) is 0 Å². The van der Waals surface area contributed by atoms with E-state index >= 15 is 0 Å². The molecule has 0 fully saturated rings. The SMILES string of the molecule is Cc1cc(CC2=[C]([Ti+3])C=CC2)cc(C)c1C.[Cl-].[Cl-].[Cl-]. The van der Waals surface area contributed by atoms with Crippen LogP contribution in [0.4, 0.5) is 0 Å². The molecule has 4 heteroatoms. The molecule has 0 nitrogen and oxygen atoms in total. The zero-order chi connectivity index (χ0) is 11.7. The maximum Gasteiger partial charge on any atom is -1.00 e. The second-order valence-electron chi connectivity index (χ2n) is 4.66. The Morgan fingerprint density at radius 3 is 1.95 bits per heavy atom. The Hall–Kier alpha value is 0.284. The van der Waals surface area contributed by atoms with Crippen molar-refractivity contribution < 1.29 is 57.7 Å². The van der Waals surface area contributed by atoms with Crippen molar-refractivity contribution >= 4 is 0 Å². The van der Waals surface area contributed by atoms with E-state index < -0.39 is 0 Å². The van der Waals surface area contributed by atoms with Crippen molar-refractivity contribution in [2.45, 2.75) is 33.6 Å². The van der Waals surface area contributed by atoms with Crippen LogP contribution in [0, 0.1) is 20.8 Å². The quantitative estimate of drug-likeness (QED) is 0.468. The van der Waals surface area contributed by atoms with Crippen molar-refractivity contribution in [3.8, 4) is 0 Å². The molecule has 0 atom stereocenters. The van der Waals surface area contributed by atoms with Crippen molar-refractivity contribution in [3.63, 3.8) is 0 Å². The monoisotopic (exact) mass is 350 g/mol. The van der Waals surface area contributed by atoms with Crippen molar-refractivity contribution in [2.75, 3.05) is 0 Å². The molecule has 0 aliphatic heterocycles. The van der Waals surface area contributed by atoms with Gasteiger partial charge in [0.25, 0.3) is 0 Å². The molecule has 1 aromatic carbocycles. The number of hydrogen-bond donors (Lipinski definition) is 0. The Morgan fingerprint density at radius 1 is 1.00 bits per heavy atom. The zero-order valence-corrected chi connectivity index (χ0v) is 15.2. The van der Waals surface area contributed by atoms with Crippen molar-refractivity contribution in [2.24, 2.45) is 0 Å². The van der Waals surface area contributed by atoms with E-state index in [4.69, 9.17) is 0 Å². The standard InChI is InChI=1S/C15H17.3ClH.Ti/c1-11-8-15(9-12(2)13(11)3)10-14-6-4-5-7-14;;;;/h4-5,8-9H,6,10H2,1-3H3;3*1H;/q;;;;+3/p-3. The van der Waals surface area contributed by atoms with Gasteiger partial charge in [0.2, 0.25) is 0 Å². The minimum Gasteiger partial charge on any atom is -1.00 e. The summed E-state index contributed by atoms with van der Waals surface area (Å²) >= 11 is 2.22. The molecule has 0 heterocycles. The molecule has 1 aliphatic carbocycles. The number of rotatable bonds is 2. The van der Waals surface area contributed by atoms with Crippen LogP contribution in [0.1, 0.15) is 28.7 Å². The van der Waals surface area contributed by atoms with Gasteiger partial charge < -0.3 is 37.2 Å². The van der Waals surface area contributed by atoms with Crippen LogP contribution in [-0.2, 0) is 26.9 Å². The fourth-order valence-electron chi connectivity index (χ4n) is 2.19. The van der Waals surface area contributed by atoms with Crippen LogP contribution in [0.2, 0.25) is 0 Å². The Kier molecular flexibility index (Phi) is 10.5. The summed E-state index contributed by atoms with van der Waals surface area (Å²) in [5.74, 6) is 0. The molecule has 1 aromatic rings. The average Bonchev–Trinajstić information content (AvgIpc) is 2.61. The molecular formula is C15H17Cl3Ti. The smallest absolute Gasteiger partial charge is 1.00 e. The third-order valence-electron chi connectivity index (χ3n) is 3.43. The summed E-state index contributed by atoms with van der Waals surface area (Å²) in [5, 5.41) is 0. The first-order valence-electron chi connectivity index (χ1n) is 5.75. The largest absolute Gasteiger partial charge is 1.00 e. The van der Waals surface area contributed by atoms with E-state index in [0.29, 0.717) is 0 Å². The van der Waals surface area contributed by atoms with E-state index in [0.717, 1.165) is 12.8 Å². The fraction of sp³-hybridized carbons (Fsp3) is 0.333. The second kappa shape index (κ2) is 9.26. The first kappa shape index (κ1) is 21.6. The number of hydrogen-bond acceptors (Lipinski definition) is 0. The van der Waals surface area contributed by atoms with E-state index in [1.807, 2.05) is 0 Å². The first-order valence-corrected chi connectivity index (χ1v) is 6.53. The summed E-state index contributed by atoms with van der Waals surface area (Å²) in [6.07, 6.45) is 6.75. The first-order chi connectivity index (χ1) is 7.58. The molecule has 0 saturated carbocycles. The van der Waals surface area contributed by atoms with E-state index in [1.54, 1.807) is 5.57 Å². The van der Waals surface area contributed by atoms with Gasteiger partial charge in [-0.3, -0.25) is 0 Å². The molecule has 0 N–H and O–H groups in total. The van der Waals surface area contributed by atoms with Crippen LogP contribution in [0.3, 0.4) is 0 Å². The molecule has 1 aliphatic rings. The summed E-state index contributed by atoms with van der Waals surface area (Å²) in [4.78, 5) is 0. The van der Waals surface area contributed by atoms with Crippen LogP contribution < -0.4 is 37.2 Å². The number of benzene rings is 1. The molecule has 0 saturated heterocycles. The van der Waals surface area contributed by atoms with Crippen LogP contribution in [0.5, 0.6) is 0 Å². The number of halogens is 3. The Morgan fingerprint density at radius 2 is 1.53 bits per heavy atom. The fourth-order valence-corrected chi connectivity index (χ4v) is 2.67. The molecular weight excluding hydrogens is 334 g/mol. The minimum atomic E-state index is 0.